The summed E-state index contributed by atoms with van der Waals surface area (Å²) in [6, 6.07) is 3.93. The number of nitrogens with zero attached hydrogens (tertiary/aromatic N) is 5. The zero-order chi connectivity index (χ0) is 20.1. The van der Waals surface area contributed by atoms with Crippen LogP contribution in [0.5, 0.6) is 0 Å². The maximum absolute atomic E-state index is 12.6. The molecule has 2 fully saturated rings. The number of hydrogen-bond acceptors (Lipinski definition) is 4. The lowest BCUT2D eigenvalue weighted by Crippen LogP contribution is -2.52. The molecule has 2 aromatic heterocycles. The molecule has 2 aliphatic rings. The van der Waals surface area contributed by atoms with Crippen LogP contribution >= 0.6 is 0 Å². The maximum atomic E-state index is 12.6. The van der Waals surface area contributed by atoms with E-state index < -0.39 is 0 Å². The van der Waals surface area contributed by atoms with Gasteiger partial charge in [0.15, 0.2) is 0 Å². The number of carbonyl (C=O) groups is 2. The molecular formula is C22H29N5O2. The minimum atomic E-state index is 0.156. The third-order valence-corrected chi connectivity index (χ3v) is 6.39. The van der Waals surface area contributed by atoms with E-state index in [4.69, 9.17) is 0 Å². The first kappa shape index (κ1) is 19.6. The molecule has 0 aliphatic carbocycles. The molecule has 0 N–H and O–H groups in total. The Morgan fingerprint density at radius 3 is 2.72 bits per heavy atom. The fourth-order valence-corrected chi connectivity index (χ4v) is 4.59. The number of rotatable bonds is 6. The predicted molar refractivity (Wildman–Crippen MR) is 109 cm³/mol. The second-order valence-electron chi connectivity index (χ2n) is 8.40. The Kier molecular flexibility index (Phi) is 5.92. The molecule has 154 valence electrons. The largest absolute Gasteiger partial charge is 0.343 e. The van der Waals surface area contributed by atoms with Crippen molar-refractivity contribution < 1.29 is 9.59 Å². The molecule has 0 unspecified atom stereocenters. The Bertz CT molecular complexity index is 813. The van der Waals surface area contributed by atoms with Gasteiger partial charge in [0.05, 0.1) is 6.33 Å². The minimum absolute atomic E-state index is 0.156. The van der Waals surface area contributed by atoms with E-state index in [2.05, 4.69) is 9.97 Å². The number of carbonyl (C=O) groups excluding carboxylic acids is 2. The van der Waals surface area contributed by atoms with Crippen molar-refractivity contribution in [3.8, 4) is 0 Å². The number of pyridine rings is 1. The predicted octanol–water partition coefficient (Wildman–Crippen LogP) is 2.49. The van der Waals surface area contributed by atoms with Crippen molar-refractivity contribution in [2.75, 3.05) is 19.6 Å². The number of imidazole rings is 1. The van der Waals surface area contributed by atoms with Crippen LogP contribution in [0.15, 0.2) is 43.2 Å². The molecule has 2 amide bonds. The molecule has 4 rings (SSSR count). The number of aromatic nitrogens is 3. The molecule has 1 spiro atoms. The van der Waals surface area contributed by atoms with Crippen molar-refractivity contribution in [3.63, 3.8) is 0 Å². The van der Waals surface area contributed by atoms with Crippen LogP contribution in [0.3, 0.4) is 0 Å². The third-order valence-electron chi connectivity index (χ3n) is 6.39. The van der Waals surface area contributed by atoms with Crippen LogP contribution in [0.25, 0.3) is 0 Å². The minimum Gasteiger partial charge on any atom is -0.343 e. The summed E-state index contributed by atoms with van der Waals surface area (Å²) < 4.78 is 2.01. The highest BCUT2D eigenvalue weighted by Crippen LogP contribution is 2.40. The molecule has 2 saturated heterocycles. The van der Waals surface area contributed by atoms with Gasteiger partial charge in [-0.3, -0.25) is 14.6 Å². The fourth-order valence-electron chi connectivity index (χ4n) is 4.59. The maximum Gasteiger partial charge on any atom is 0.222 e. The number of aryl methyl sites for hydroxylation is 1. The summed E-state index contributed by atoms with van der Waals surface area (Å²) in [7, 11) is 0. The van der Waals surface area contributed by atoms with E-state index in [0.717, 1.165) is 57.4 Å². The van der Waals surface area contributed by atoms with Crippen molar-refractivity contribution in [3.05, 3.63) is 48.8 Å². The normalized spacial score (nSPS) is 19.0. The van der Waals surface area contributed by atoms with E-state index in [1.807, 2.05) is 38.9 Å². The summed E-state index contributed by atoms with van der Waals surface area (Å²) in [4.78, 5) is 37.2. The van der Waals surface area contributed by atoms with E-state index in [1.165, 1.54) is 0 Å². The first-order valence-corrected chi connectivity index (χ1v) is 10.5. The van der Waals surface area contributed by atoms with Crippen molar-refractivity contribution in [2.24, 2.45) is 5.41 Å². The van der Waals surface area contributed by atoms with Gasteiger partial charge in [-0.2, -0.15) is 0 Å². The van der Waals surface area contributed by atoms with Gasteiger partial charge in [-0.25, -0.2) is 4.98 Å². The lowest BCUT2D eigenvalue weighted by molar-refractivity contribution is -0.143. The molecule has 0 radical (unpaired) electrons. The van der Waals surface area contributed by atoms with Gasteiger partial charge >= 0.3 is 0 Å². The van der Waals surface area contributed by atoms with E-state index in [0.29, 0.717) is 19.4 Å². The topological polar surface area (TPSA) is 71.3 Å². The van der Waals surface area contributed by atoms with Gasteiger partial charge in [0.1, 0.15) is 0 Å². The van der Waals surface area contributed by atoms with Gasteiger partial charge in [0.25, 0.3) is 0 Å². The number of piperidine rings is 2. The highest BCUT2D eigenvalue weighted by molar-refractivity contribution is 5.77. The second kappa shape index (κ2) is 8.76. The Labute approximate surface area is 171 Å². The van der Waals surface area contributed by atoms with Gasteiger partial charge in [-0.15, -0.1) is 0 Å². The van der Waals surface area contributed by atoms with Crippen LogP contribution in [-0.4, -0.2) is 55.8 Å². The molecule has 0 atom stereocenters. The van der Waals surface area contributed by atoms with Gasteiger partial charge < -0.3 is 14.4 Å². The summed E-state index contributed by atoms with van der Waals surface area (Å²) in [5.74, 6) is 0.483. The quantitative estimate of drug-likeness (QED) is 0.753. The van der Waals surface area contributed by atoms with Crippen molar-refractivity contribution >= 4 is 11.8 Å². The van der Waals surface area contributed by atoms with Gasteiger partial charge in [0, 0.05) is 70.4 Å². The summed E-state index contributed by atoms with van der Waals surface area (Å²) in [5.41, 5.74) is 1.23. The van der Waals surface area contributed by atoms with E-state index >= 15 is 0 Å². The summed E-state index contributed by atoms with van der Waals surface area (Å²) >= 11 is 0. The van der Waals surface area contributed by atoms with Crippen LogP contribution in [0.4, 0.5) is 0 Å². The van der Waals surface area contributed by atoms with Crippen LogP contribution < -0.4 is 0 Å². The van der Waals surface area contributed by atoms with E-state index in [-0.39, 0.29) is 17.2 Å². The first-order chi connectivity index (χ1) is 14.1. The summed E-state index contributed by atoms with van der Waals surface area (Å²) in [6.07, 6.45) is 14.0. The standard InChI is InChI=1S/C22H29N5O2/c28-20(4-2-11-25-14-10-24-18-25)26-12-7-22(8-13-26)6-5-21(29)27(17-22)16-19-3-1-9-23-15-19/h1,3,9-10,14-15,18H,2,4-8,11-13,16-17H2. The zero-order valence-corrected chi connectivity index (χ0v) is 16.9. The second-order valence-corrected chi connectivity index (χ2v) is 8.40. The third kappa shape index (κ3) is 4.83. The molecule has 29 heavy (non-hydrogen) atoms. The average Bonchev–Trinajstić information content (AvgIpc) is 3.26. The molecule has 2 aliphatic heterocycles. The highest BCUT2D eigenvalue weighted by atomic mass is 16.2. The fraction of sp³-hybridized carbons (Fsp3) is 0.545. The molecule has 0 saturated carbocycles. The zero-order valence-electron chi connectivity index (χ0n) is 16.9. The lowest BCUT2D eigenvalue weighted by atomic mass is 9.72. The van der Waals surface area contributed by atoms with Crippen LogP contribution in [0.2, 0.25) is 0 Å². The van der Waals surface area contributed by atoms with E-state index in [9.17, 15) is 9.59 Å². The van der Waals surface area contributed by atoms with Crippen molar-refractivity contribution in [1.29, 1.82) is 0 Å². The van der Waals surface area contributed by atoms with Crippen molar-refractivity contribution in [1.82, 2.24) is 24.3 Å². The first-order valence-electron chi connectivity index (χ1n) is 10.5. The lowest BCUT2D eigenvalue weighted by Gasteiger charge is -2.47. The van der Waals surface area contributed by atoms with Crippen molar-refractivity contribution in [2.45, 2.75) is 51.6 Å². The Balaban J connectivity index is 1.27. The monoisotopic (exact) mass is 395 g/mol. The Hall–Kier alpha value is -2.70. The van der Waals surface area contributed by atoms with Gasteiger partial charge in [-0.1, -0.05) is 6.07 Å². The summed E-state index contributed by atoms with van der Waals surface area (Å²) in [6.45, 7) is 3.86. The molecule has 2 aromatic rings. The number of amides is 2. The SMILES string of the molecule is O=C(CCCn1ccnc1)N1CCC2(CCC(=O)N(Cc3cccnc3)C2)CC1. The van der Waals surface area contributed by atoms with Crippen LogP contribution in [0.1, 0.15) is 44.1 Å². The van der Waals surface area contributed by atoms with Gasteiger partial charge in [0.2, 0.25) is 11.8 Å². The highest BCUT2D eigenvalue weighted by Gasteiger charge is 2.41. The molecule has 7 nitrogen and oxygen atoms in total. The molecule has 0 bridgehead atoms. The number of hydrogen-bond donors (Lipinski definition) is 0. The van der Waals surface area contributed by atoms with Gasteiger partial charge in [-0.05, 0) is 42.7 Å². The summed E-state index contributed by atoms with van der Waals surface area (Å²) in [5, 5.41) is 0. The Morgan fingerprint density at radius 1 is 1.14 bits per heavy atom. The average molecular weight is 396 g/mol. The molecule has 7 heteroatoms. The van der Waals surface area contributed by atoms with E-state index in [1.54, 1.807) is 18.7 Å². The molecule has 4 heterocycles. The van der Waals surface area contributed by atoms with Crippen LogP contribution in [0, 0.1) is 5.41 Å². The van der Waals surface area contributed by atoms with Crippen LogP contribution in [-0.2, 0) is 22.7 Å². The molecular weight excluding hydrogens is 366 g/mol. The smallest absolute Gasteiger partial charge is 0.222 e. The number of likely N-dealkylation sites (tertiary alicyclic amines) is 2. The Morgan fingerprint density at radius 2 is 2.00 bits per heavy atom. The molecule has 0 aromatic carbocycles.